The summed E-state index contributed by atoms with van der Waals surface area (Å²) in [7, 11) is 0. The molecule has 2 aromatic rings. The highest BCUT2D eigenvalue weighted by atomic mass is 32.2. The first-order valence-corrected chi connectivity index (χ1v) is 8.95. The van der Waals surface area contributed by atoms with Crippen LogP contribution < -0.4 is 10.1 Å². The molecule has 1 unspecified atom stereocenters. The van der Waals surface area contributed by atoms with Crippen LogP contribution in [0.3, 0.4) is 0 Å². The number of aryl methyl sites for hydroxylation is 1. The Bertz CT molecular complexity index is 806. The van der Waals surface area contributed by atoms with Gasteiger partial charge in [0.1, 0.15) is 6.10 Å². The van der Waals surface area contributed by atoms with Gasteiger partial charge in [-0.25, -0.2) is 4.98 Å². The summed E-state index contributed by atoms with van der Waals surface area (Å²) in [6.45, 7) is 1.71. The molecule has 1 atom stereocenters. The SMILES string of the molecule is Cc1cc([N+](=O)[O-])ccc1NC(=O)c1ccnc(OC2CCSC2)c1. The lowest BCUT2D eigenvalue weighted by molar-refractivity contribution is -0.384. The normalized spacial score (nSPS) is 16.4. The van der Waals surface area contributed by atoms with E-state index >= 15 is 0 Å². The number of benzene rings is 1. The predicted octanol–water partition coefficient (Wildman–Crippen LogP) is 3.43. The molecule has 7 nitrogen and oxygen atoms in total. The molecule has 1 saturated heterocycles. The molecule has 25 heavy (non-hydrogen) atoms. The molecular weight excluding hydrogens is 342 g/mol. The third-order valence-electron chi connectivity index (χ3n) is 3.84. The molecule has 130 valence electrons. The number of nitro benzene ring substituents is 1. The Kier molecular flexibility index (Phi) is 5.18. The smallest absolute Gasteiger partial charge is 0.269 e. The summed E-state index contributed by atoms with van der Waals surface area (Å²) in [6.07, 6.45) is 2.65. The number of aromatic nitrogens is 1. The van der Waals surface area contributed by atoms with Crippen molar-refractivity contribution in [2.45, 2.75) is 19.4 Å². The quantitative estimate of drug-likeness (QED) is 0.649. The molecule has 0 saturated carbocycles. The third-order valence-corrected chi connectivity index (χ3v) is 4.97. The molecule has 0 bridgehead atoms. The number of pyridine rings is 1. The second-order valence-corrected chi connectivity index (χ2v) is 6.85. The fourth-order valence-electron chi connectivity index (χ4n) is 2.49. The van der Waals surface area contributed by atoms with Gasteiger partial charge in [-0.2, -0.15) is 11.8 Å². The third kappa shape index (κ3) is 4.27. The highest BCUT2D eigenvalue weighted by molar-refractivity contribution is 7.99. The molecule has 0 radical (unpaired) electrons. The highest BCUT2D eigenvalue weighted by Gasteiger charge is 2.18. The Hall–Kier alpha value is -2.61. The van der Waals surface area contributed by atoms with E-state index < -0.39 is 4.92 Å². The maximum atomic E-state index is 12.4. The molecular formula is C17H17N3O4S. The molecule has 2 heterocycles. The number of amides is 1. The van der Waals surface area contributed by atoms with Gasteiger partial charge in [0.25, 0.3) is 11.6 Å². The summed E-state index contributed by atoms with van der Waals surface area (Å²) in [4.78, 5) is 26.9. The van der Waals surface area contributed by atoms with E-state index in [0.717, 1.165) is 17.9 Å². The summed E-state index contributed by atoms with van der Waals surface area (Å²) in [5.41, 5.74) is 1.57. The molecule has 1 aliphatic rings. The molecule has 8 heteroatoms. The second-order valence-electron chi connectivity index (χ2n) is 5.70. The lowest BCUT2D eigenvalue weighted by atomic mass is 10.1. The van der Waals surface area contributed by atoms with Gasteiger partial charge < -0.3 is 10.1 Å². The van der Waals surface area contributed by atoms with Crippen molar-refractivity contribution in [3.8, 4) is 5.88 Å². The number of anilines is 1. The highest BCUT2D eigenvalue weighted by Crippen LogP contribution is 2.24. The Morgan fingerprint density at radius 2 is 2.24 bits per heavy atom. The van der Waals surface area contributed by atoms with Crippen molar-refractivity contribution in [1.29, 1.82) is 0 Å². The number of nitrogens with zero attached hydrogens (tertiary/aromatic N) is 2. The number of thioether (sulfide) groups is 1. The van der Waals surface area contributed by atoms with Crippen LogP contribution in [0, 0.1) is 17.0 Å². The molecule has 0 spiro atoms. The van der Waals surface area contributed by atoms with E-state index in [9.17, 15) is 14.9 Å². The molecule has 0 aliphatic carbocycles. The van der Waals surface area contributed by atoms with Crippen LogP contribution in [0.4, 0.5) is 11.4 Å². The maximum Gasteiger partial charge on any atom is 0.269 e. The van der Waals surface area contributed by atoms with Gasteiger partial charge in [0.2, 0.25) is 5.88 Å². The Labute approximate surface area is 148 Å². The first-order valence-electron chi connectivity index (χ1n) is 7.80. The van der Waals surface area contributed by atoms with Gasteiger partial charge >= 0.3 is 0 Å². The van der Waals surface area contributed by atoms with E-state index in [1.807, 2.05) is 11.8 Å². The van der Waals surface area contributed by atoms with E-state index in [-0.39, 0.29) is 17.7 Å². The van der Waals surface area contributed by atoms with Crippen LogP contribution in [-0.2, 0) is 0 Å². The molecule has 1 amide bonds. The van der Waals surface area contributed by atoms with E-state index in [1.165, 1.54) is 24.4 Å². The van der Waals surface area contributed by atoms with Gasteiger partial charge in [-0.15, -0.1) is 0 Å². The van der Waals surface area contributed by atoms with Crippen LogP contribution in [0.15, 0.2) is 36.5 Å². The lowest BCUT2D eigenvalue weighted by Gasteiger charge is -2.12. The van der Waals surface area contributed by atoms with Gasteiger partial charge in [-0.3, -0.25) is 14.9 Å². The molecule has 1 aliphatic heterocycles. The van der Waals surface area contributed by atoms with Crippen LogP contribution in [0.5, 0.6) is 5.88 Å². The first-order chi connectivity index (χ1) is 12.0. The van der Waals surface area contributed by atoms with Crippen molar-refractivity contribution in [3.63, 3.8) is 0 Å². The minimum atomic E-state index is -0.466. The van der Waals surface area contributed by atoms with Crippen molar-refractivity contribution < 1.29 is 14.5 Å². The fourth-order valence-corrected chi connectivity index (χ4v) is 3.58. The zero-order valence-corrected chi connectivity index (χ0v) is 14.4. The largest absolute Gasteiger partial charge is 0.473 e. The van der Waals surface area contributed by atoms with Crippen LogP contribution in [0.2, 0.25) is 0 Å². The van der Waals surface area contributed by atoms with Gasteiger partial charge in [-0.1, -0.05) is 0 Å². The van der Waals surface area contributed by atoms with Crippen LogP contribution in [0.25, 0.3) is 0 Å². The van der Waals surface area contributed by atoms with Crippen LogP contribution >= 0.6 is 11.8 Å². The zero-order chi connectivity index (χ0) is 17.8. The molecule has 1 N–H and O–H groups in total. The van der Waals surface area contributed by atoms with Crippen LogP contribution in [-0.4, -0.2) is 33.4 Å². The predicted molar refractivity (Wildman–Crippen MR) is 96.4 cm³/mol. The van der Waals surface area contributed by atoms with Crippen molar-refractivity contribution in [1.82, 2.24) is 4.98 Å². The topological polar surface area (TPSA) is 94.4 Å². The minimum Gasteiger partial charge on any atom is -0.473 e. The number of rotatable bonds is 5. The molecule has 3 rings (SSSR count). The second kappa shape index (κ2) is 7.52. The number of non-ortho nitro benzene ring substituents is 1. The van der Waals surface area contributed by atoms with E-state index in [2.05, 4.69) is 10.3 Å². The Balaban J connectivity index is 1.71. The average molecular weight is 359 g/mol. The number of carbonyl (C=O) groups excluding carboxylic acids is 1. The van der Waals surface area contributed by atoms with Gasteiger partial charge in [0.15, 0.2) is 0 Å². The molecule has 1 aromatic carbocycles. The summed E-state index contributed by atoms with van der Waals surface area (Å²) in [5, 5.41) is 13.5. The standard InChI is InChI=1S/C17H17N3O4S/c1-11-8-13(20(22)23)2-3-15(11)19-17(21)12-4-6-18-16(9-12)24-14-5-7-25-10-14/h2-4,6,8-9,14H,5,7,10H2,1H3,(H,19,21). The average Bonchev–Trinajstić information content (AvgIpc) is 3.09. The van der Waals surface area contributed by atoms with E-state index in [1.54, 1.807) is 19.1 Å². The van der Waals surface area contributed by atoms with Crippen molar-refractivity contribution >= 4 is 29.0 Å². The van der Waals surface area contributed by atoms with Crippen molar-refractivity contribution in [2.24, 2.45) is 0 Å². The molecule has 1 fully saturated rings. The number of nitrogens with one attached hydrogen (secondary N) is 1. The van der Waals surface area contributed by atoms with Crippen LogP contribution in [0.1, 0.15) is 22.3 Å². The minimum absolute atomic E-state index is 0.00969. The summed E-state index contributed by atoms with van der Waals surface area (Å²) in [6, 6.07) is 7.53. The summed E-state index contributed by atoms with van der Waals surface area (Å²) >= 11 is 1.84. The number of nitro groups is 1. The Morgan fingerprint density at radius 1 is 1.40 bits per heavy atom. The monoisotopic (exact) mass is 359 g/mol. The molecule has 1 aromatic heterocycles. The first kappa shape index (κ1) is 17.2. The number of hydrogen-bond donors (Lipinski definition) is 1. The van der Waals surface area contributed by atoms with E-state index in [4.69, 9.17) is 4.74 Å². The van der Waals surface area contributed by atoms with Gasteiger partial charge in [0, 0.05) is 41.4 Å². The van der Waals surface area contributed by atoms with Gasteiger partial charge in [0.05, 0.1) is 4.92 Å². The maximum absolute atomic E-state index is 12.4. The number of hydrogen-bond acceptors (Lipinski definition) is 6. The van der Waals surface area contributed by atoms with E-state index in [0.29, 0.717) is 22.7 Å². The number of carbonyl (C=O) groups is 1. The zero-order valence-electron chi connectivity index (χ0n) is 13.6. The fraction of sp³-hybridized carbons (Fsp3) is 0.294. The van der Waals surface area contributed by atoms with Gasteiger partial charge in [-0.05, 0) is 36.8 Å². The van der Waals surface area contributed by atoms with Crippen molar-refractivity contribution in [3.05, 3.63) is 57.8 Å². The number of ether oxygens (including phenoxy) is 1. The summed E-state index contributed by atoms with van der Waals surface area (Å²) < 4.78 is 5.80. The van der Waals surface area contributed by atoms with Crippen molar-refractivity contribution in [2.75, 3.05) is 16.8 Å². The lowest BCUT2D eigenvalue weighted by Crippen LogP contribution is -2.17. The summed E-state index contributed by atoms with van der Waals surface area (Å²) in [5.74, 6) is 2.12. The Morgan fingerprint density at radius 3 is 2.92 bits per heavy atom.